The largest absolute Gasteiger partial charge is 0.396 e. The lowest BCUT2D eigenvalue weighted by atomic mass is 10.2. The molecule has 13 heavy (non-hydrogen) atoms. The number of aromatic nitrogens is 1. The van der Waals surface area contributed by atoms with E-state index in [-0.39, 0.29) is 6.61 Å². The molecule has 1 atom stereocenters. The highest BCUT2D eigenvalue weighted by atomic mass is 16.5. The van der Waals surface area contributed by atoms with E-state index in [2.05, 4.69) is 22.9 Å². The molecule has 3 heteroatoms. The highest BCUT2D eigenvalue weighted by Crippen LogP contribution is 2.19. The summed E-state index contributed by atoms with van der Waals surface area (Å²) >= 11 is 0. The van der Waals surface area contributed by atoms with Gasteiger partial charge >= 0.3 is 0 Å². The van der Waals surface area contributed by atoms with Crippen LogP contribution < -0.4 is 0 Å². The molecular weight excluding hydrogens is 166 g/mol. The van der Waals surface area contributed by atoms with Crippen molar-refractivity contribution in [1.82, 2.24) is 4.57 Å². The second-order valence-corrected chi connectivity index (χ2v) is 3.40. The lowest BCUT2D eigenvalue weighted by Crippen LogP contribution is -2.14. The van der Waals surface area contributed by atoms with Crippen LogP contribution in [0.5, 0.6) is 0 Å². The van der Waals surface area contributed by atoms with Gasteiger partial charge in [0.25, 0.3) is 0 Å². The van der Waals surface area contributed by atoms with Gasteiger partial charge in [-0.15, -0.1) is 0 Å². The minimum atomic E-state index is 0.228. The van der Waals surface area contributed by atoms with E-state index in [9.17, 15) is 0 Å². The number of hydrogen-bond acceptors (Lipinski definition) is 2. The fraction of sp³-hybridized carbons (Fsp3) is 0.600. The summed E-state index contributed by atoms with van der Waals surface area (Å²) < 4.78 is 7.69. The Kier molecular flexibility index (Phi) is 2.66. The molecule has 1 aliphatic heterocycles. The number of aliphatic hydroxyl groups is 1. The molecule has 1 unspecified atom stereocenters. The number of aliphatic hydroxyl groups excluding tert-OH is 1. The third kappa shape index (κ3) is 1.76. The summed E-state index contributed by atoms with van der Waals surface area (Å²) in [4.78, 5) is 0. The molecule has 0 spiro atoms. The monoisotopic (exact) mass is 181 g/mol. The normalized spacial score (nSPS) is 22.4. The van der Waals surface area contributed by atoms with Crippen LogP contribution in [-0.4, -0.2) is 29.5 Å². The zero-order valence-corrected chi connectivity index (χ0v) is 7.65. The van der Waals surface area contributed by atoms with Crippen molar-refractivity contribution >= 4 is 0 Å². The molecule has 1 N–H and O–H groups in total. The highest BCUT2D eigenvalue weighted by Gasteiger charge is 2.16. The van der Waals surface area contributed by atoms with Gasteiger partial charge in [-0.1, -0.05) is 0 Å². The summed E-state index contributed by atoms with van der Waals surface area (Å²) in [5.41, 5.74) is 1.32. The minimum Gasteiger partial charge on any atom is -0.396 e. The molecule has 1 aromatic heterocycles. The van der Waals surface area contributed by atoms with Gasteiger partial charge in [0.2, 0.25) is 0 Å². The van der Waals surface area contributed by atoms with Crippen molar-refractivity contribution in [2.75, 3.05) is 19.8 Å². The lowest BCUT2D eigenvalue weighted by molar-refractivity contribution is 0.107. The standard InChI is InChI=1S/C10H15NO2/c12-6-3-10-8-13-7-4-9-2-1-5-11(9)10/h1-2,5,10,12H,3-4,6-8H2. The number of hydrogen-bond donors (Lipinski definition) is 1. The molecule has 0 amide bonds. The van der Waals surface area contributed by atoms with Crippen molar-refractivity contribution in [1.29, 1.82) is 0 Å². The van der Waals surface area contributed by atoms with E-state index in [0.717, 1.165) is 26.1 Å². The molecule has 0 saturated carbocycles. The van der Waals surface area contributed by atoms with Crippen molar-refractivity contribution in [3.63, 3.8) is 0 Å². The fourth-order valence-electron chi connectivity index (χ4n) is 1.85. The van der Waals surface area contributed by atoms with Crippen molar-refractivity contribution in [3.8, 4) is 0 Å². The smallest absolute Gasteiger partial charge is 0.0674 e. The molecule has 2 heterocycles. The summed E-state index contributed by atoms with van der Waals surface area (Å²) in [7, 11) is 0. The Bertz CT molecular complexity index is 270. The van der Waals surface area contributed by atoms with Crippen LogP contribution in [0.15, 0.2) is 18.3 Å². The van der Waals surface area contributed by atoms with E-state index in [1.807, 2.05) is 0 Å². The summed E-state index contributed by atoms with van der Waals surface area (Å²) in [6.07, 6.45) is 3.83. The average molecular weight is 181 g/mol. The minimum absolute atomic E-state index is 0.228. The van der Waals surface area contributed by atoms with E-state index in [0.29, 0.717) is 6.04 Å². The van der Waals surface area contributed by atoms with Gasteiger partial charge in [-0.25, -0.2) is 0 Å². The Labute approximate surface area is 77.9 Å². The van der Waals surface area contributed by atoms with Crippen LogP contribution in [0.2, 0.25) is 0 Å². The fourth-order valence-corrected chi connectivity index (χ4v) is 1.85. The first-order valence-corrected chi connectivity index (χ1v) is 4.76. The van der Waals surface area contributed by atoms with Crippen LogP contribution in [0, 0.1) is 0 Å². The van der Waals surface area contributed by atoms with E-state index in [1.54, 1.807) is 0 Å². The topological polar surface area (TPSA) is 34.4 Å². The first-order valence-electron chi connectivity index (χ1n) is 4.76. The maximum absolute atomic E-state index is 8.90. The molecule has 2 rings (SSSR count). The molecule has 0 fully saturated rings. The second-order valence-electron chi connectivity index (χ2n) is 3.40. The predicted octanol–water partition coefficient (Wildman–Crippen LogP) is 0.984. The second kappa shape index (κ2) is 3.94. The van der Waals surface area contributed by atoms with Gasteiger partial charge in [-0.3, -0.25) is 0 Å². The Balaban J connectivity index is 2.20. The molecule has 3 nitrogen and oxygen atoms in total. The number of nitrogens with zero attached hydrogens (tertiary/aromatic N) is 1. The van der Waals surface area contributed by atoms with Gasteiger partial charge in [0.05, 0.1) is 19.3 Å². The zero-order chi connectivity index (χ0) is 9.10. The molecule has 0 bridgehead atoms. The van der Waals surface area contributed by atoms with Crippen molar-refractivity contribution in [3.05, 3.63) is 24.0 Å². The number of ether oxygens (including phenoxy) is 1. The molecule has 1 aliphatic rings. The van der Waals surface area contributed by atoms with Crippen LogP contribution in [0.4, 0.5) is 0 Å². The van der Waals surface area contributed by atoms with Gasteiger partial charge in [-0.05, 0) is 18.6 Å². The van der Waals surface area contributed by atoms with Crippen LogP contribution in [0.25, 0.3) is 0 Å². The SMILES string of the molecule is OCCC1COCCc2cccn21. The van der Waals surface area contributed by atoms with Gasteiger partial charge in [0.15, 0.2) is 0 Å². The lowest BCUT2D eigenvalue weighted by Gasteiger charge is -2.16. The Morgan fingerprint density at radius 1 is 1.62 bits per heavy atom. The van der Waals surface area contributed by atoms with Crippen molar-refractivity contribution in [2.45, 2.75) is 18.9 Å². The van der Waals surface area contributed by atoms with Crippen molar-refractivity contribution < 1.29 is 9.84 Å². The zero-order valence-electron chi connectivity index (χ0n) is 7.65. The Hall–Kier alpha value is -0.800. The van der Waals surface area contributed by atoms with E-state index >= 15 is 0 Å². The maximum Gasteiger partial charge on any atom is 0.0674 e. The predicted molar refractivity (Wildman–Crippen MR) is 49.7 cm³/mol. The summed E-state index contributed by atoms with van der Waals surface area (Å²) in [5.74, 6) is 0. The quantitative estimate of drug-likeness (QED) is 0.738. The van der Waals surface area contributed by atoms with Gasteiger partial charge in [0.1, 0.15) is 0 Å². The summed E-state index contributed by atoms with van der Waals surface area (Å²) in [5, 5.41) is 8.90. The molecule has 0 aromatic carbocycles. The molecule has 0 radical (unpaired) electrons. The van der Waals surface area contributed by atoms with Crippen LogP contribution >= 0.6 is 0 Å². The van der Waals surface area contributed by atoms with E-state index in [4.69, 9.17) is 9.84 Å². The van der Waals surface area contributed by atoms with Gasteiger partial charge in [0, 0.05) is 24.9 Å². The van der Waals surface area contributed by atoms with Crippen LogP contribution in [-0.2, 0) is 11.2 Å². The number of fused-ring (bicyclic) bond motifs is 1. The summed E-state index contributed by atoms with van der Waals surface area (Å²) in [6.45, 7) is 1.75. The highest BCUT2D eigenvalue weighted by molar-refractivity contribution is 5.09. The van der Waals surface area contributed by atoms with Gasteiger partial charge < -0.3 is 14.4 Å². The van der Waals surface area contributed by atoms with E-state index < -0.39 is 0 Å². The van der Waals surface area contributed by atoms with E-state index in [1.165, 1.54) is 5.69 Å². The molecule has 0 saturated heterocycles. The first-order chi connectivity index (χ1) is 6.42. The van der Waals surface area contributed by atoms with Gasteiger partial charge in [-0.2, -0.15) is 0 Å². The Morgan fingerprint density at radius 3 is 3.38 bits per heavy atom. The summed E-state index contributed by atoms with van der Waals surface area (Å²) in [6, 6.07) is 4.50. The van der Waals surface area contributed by atoms with Crippen molar-refractivity contribution in [2.24, 2.45) is 0 Å². The third-order valence-electron chi connectivity index (χ3n) is 2.54. The molecular formula is C10H15NO2. The maximum atomic E-state index is 8.90. The Morgan fingerprint density at radius 2 is 2.54 bits per heavy atom. The average Bonchev–Trinajstić information content (AvgIpc) is 2.52. The molecule has 72 valence electrons. The first kappa shape index (κ1) is 8.78. The molecule has 1 aromatic rings. The number of rotatable bonds is 2. The van der Waals surface area contributed by atoms with Crippen LogP contribution in [0.1, 0.15) is 18.2 Å². The van der Waals surface area contributed by atoms with Crippen LogP contribution in [0.3, 0.4) is 0 Å². The molecule has 0 aliphatic carbocycles. The third-order valence-corrected chi connectivity index (χ3v) is 2.54.